The molecular weight excluding hydrogens is 340 g/mol. The van der Waals surface area contributed by atoms with Gasteiger partial charge in [0.2, 0.25) is 0 Å². The molecule has 1 aliphatic carbocycles. The molecule has 1 aromatic carbocycles. The van der Waals surface area contributed by atoms with Gasteiger partial charge in [0.05, 0.1) is 16.2 Å². The minimum Gasteiger partial charge on any atom is -0.306 e. The van der Waals surface area contributed by atoms with Crippen molar-refractivity contribution in [2.45, 2.75) is 50.1 Å². The van der Waals surface area contributed by atoms with Crippen LogP contribution < -0.4 is 0 Å². The molecule has 124 valence electrons. The summed E-state index contributed by atoms with van der Waals surface area (Å²) < 4.78 is 2.23. The summed E-state index contributed by atoms with van der Waals surface area (Å²) >= 11 is 8.22. The van der Waals surface area contributed by atoms with Crippen LogP contribution in [0.4, 0.5) is 0 Å². The molecule has 4 nitrogen and oxygen atoms in total. The first kappa shape index (κ1) is 15.9. The second-order valence-electron chi connectivity index (χ2n) is 6.16. The second kappa shape index (κ2) is 6.37. The van der Waals surface area contributed by atoms with Gasteiger partial charge in [0.25, 0.3) is 0 Å². The van der Waals surface area contributed by atoms with Crippen LogP contribution in [-0.4, -0.2) is 19.7 Å². The molecule has 0 N–H and O–H groups in total. The molecule has 6 heteroatoms. The molecule has 4 rings (SSSR count). The predicted molar refractivity (Wildman–Crippen MR) is 98.7 cm³/mol. The number of aromatic nitrogens is 4. The standard InChI is InChI=1S/C18H19ClN4S/c1-3-23-17(12-8-9-12)21-22-18(23)24-10-15-16(19)11(2)13-6-4-5-7-14(13)20-15/h4-7,12H,3,8-10H2,1-2H3. The minimum atomic E-state index is 0.608. The summed E-state index contributed by atoms with van der Waals surface area (Å²) in [5, 5.41) is 11.6. The summed E-state index contributed by atoms with van der Waals surface area (Å²) in [7, 11) is 0. The zero-order valence-electron chi connectivity index (χ0n) is 13.8. The molecule has 2 aromatic heterocycles. The highest BCUT2D eigenvalue weighted by Crippen LogP contribution is 2.40. The first-order valence-corrected chi connectivity index (χ1v) is 9.65. The summed E-state index contributed by atoms with van der Waals surface area (Å²) in [4.78, 5) is 4.75. The highest BCUT2D eigenvalue weighted by atomic mass is 35.5. The highest BCUT2D eigenvalue weighted by Gasteiger charge is 2.30. The van der Waals surface area contributed by atoms with Crippen molar-refractivity contribution < 1.29 is 0 Å². The van der Waals surface area contributed by atoms with Crippen LogP contribution in [0.2, 0.25) is 5.02 Å². The van der Waals surface area contributed by atoms with Gasteiger partial charge < -0.3 is 4.57 Å². The third kappa shape index (κ3) is 2.80. The summed E-state index contributed by atoms with van der Waals surface area (Å²) in [5.74, 6) is 2.44. The number of rotatable bonds is 5. The van der Waals surface area contributed by atoms with E-state index in [2.05, 4.69) is 34.7 Å². The molecule has 0 atom stereocenters. The Labute approximate surface area is 150 Å². The fraction of sp³-hybridized carbons (Fsp3) is 0.389. The van der Waals surface area contributed by atoms with Gasteiger partial charge in [-0.2, -0.15) is 0 Å². The zero-order valence-corrected chi connectivity index (χ0v) is 15.4. The Balaban J connectivity index is 1.62. The van der Waals surface area contributed by atoms with Crippen molar-refractivity contribution in [3.8, 4) is 0 Å². The van der Waals surface area contributed by atoms with Crippen LogP contribution in [0.25, 0.3) is 10.9 Å². The lowest BCUT2D eigenvalue weighted by atomic mass is 10.1. The van der Waals surface area contributed by atoms with E-state index in [1.165, 1.54) is 12.8 Å². The molecule has 24 heavy (non-hydrogen) atoms. The fourth-order valence-electron chi connectivity index (χ4n) is 2.99. The van der Waals surface area contributed by atoms with Crippen molar-refractivity contribution in [3.63, 3.8) is 0 Å². The molecule has 2 heterocycles. The minimum absolute atomic E-state index is 0.608. The van der Waals surface area contributed by atoms with Crippen molar-refractivity contribution in [1.29, 1.82) is 0 Å². The van der Waals surface area contributed by atoms with Gasteiger partial charge in [0.1, 0.15) is 5.82 Å². The molecule has 0 amide bonds. The van der Waals surface area contributed by atoms with E-state index in [9.17, 15) is 0 Å². The molecule has 0 radical (unpaired) electrons. The van der Waals surface area contributed by atoms with Crippen molar-refractivity contribution in [1.82, 2.24) is 19.7 Å². The van der Waals surface area contributed by atoms with Crippen LogP contribution in [0.15, 0.2) is 29.4 Å². The Kier molecular flexibility index (Phi) is 4.22. The van der Waals surface area contributed by atoms with Gasteiger partial charge in [0, 0.05) is 23.6 Å². The number of hydrogen-bond acceptors (Lipinski definition) is 4. The van der Waals surface area contributed by atoms with E-state index in [1.807, 2.05) is 18.2 Å². The Bertz CT molecular complexity index is 901. The first-order chi connectivity index (χ1) is 11.7. The molecule has 1 aliphatic rings. The lowest BCUT2D eigenvalue weighted by Crippen LogP contribution is -2.02. The topological polar surface area (TPSA) is 43.6 Å². The van der Waals surface area contributed by atoms with Gasteiger partial charge in [-0.15, -0.1) is 10.2 Å². The average molecular weight is 359 g/mol. The Morgan fingerprint density at radius 1 is 1.25 bits per heavy atom. The van der Waals surface area contributed by atoms with Crippen LogP contribution in [0, 0.1) is 6.92 Å². The number of halogens is 1. The summed E-state index contributed by atoms with van der Waals surface area (Å²) in [6, 6.07) is 8.13. The Morgan fingerprint density at radius 2 is 2.04 bits per heavy atom. The van der Waals surface area contributed by atoms with Gasteiger partial charge in [-0.3, -0.25) is 4.98 Å². The summed E-state index contributed by atoms with van der Waals surface area (Å²) in [5.41, 5.74) is 3.00. The van der Waals surface area contributed by atoms with Gasteiger partial charge >= 0.3 is 0 Å². The van der Waals surface area contributed by atoms with E-state index in [-0.39, 0.29) is 0 Å². The van der Waals surface area contributed by atoms with Crippen LogP contribution in [0.3, 0.4) is 0 Å². The summed E-state index contributed by atoms with van der Waals surface area (Å²) in [6.45, 7) is 5.10. The molecule has 0 saturated heterocycles. The van der Waals surface area contributed by atoms with Gasteiger partial charge in [-0.25, -0.2) is 0 Å². The Hall–Kier alpha value is -1.59. The van der Waals surface area contributed by atoms with E-state index < -0.39 is 0 Å². The number of pyridine rings is 1. The van der Waals surface area contributed by atoms with Crippen molar-refractivity contribution >= 4 is 34.3 Å². The van der Waals surface area contributed by atoms with E-state index >= 15 is 0 Å². The van der Waals surface area contributed by atoms with E-state index in [4.69, 9.17) is 16.6 Å². The maximum absolute atomic E-state index is 6.56. The lowest BCUT2D eigenvalue weighted by Gasteiger charge is -2.10. The largest absolute Gasteiger partial charge is 0.306 e. The number of benzene rings is 1. The molecular formula is C18H19ClN4S. The number of thioether (sulfide) groups is 1. The van der Waals surface area contributed by atoms with Crippen molar-refractivity contribution in [2.24, 2.45) is 0 Å². The van der Waals surface area contributed by atoms with Crippen molar-refractivity contribution in [2.75, 3.05) is 0 Å². The van der Waals surface area contributed by atoms with Gasteiger partial charge in [-0.1, -0.05) is 41.6 Å². The van der Waals surface area contributed by atoms with Crippen LogP contribution >= 0.6 is 23.4 Å². The molecule has 1 fully saturated rings. The number of aryl methyl sites for hydroxylation is 1. The van der Waals surface area contributed by atoms with Crippen LogP contribution in [-0.2, 0) is 12.3 Å². The number of hydrogen-bond donors (Lipinski definition) is 0. The molecule has 0 bridgehead atoms. The van der Waals surface area contributed by atoms with Gasteiger partial charge in [-0.05, 0) is 38.3 Å². The van der Waals surface area contributed by atoms with E-state index in [0.717, 1.165) is 44.7 Å². The maximum Gasteiger partial charge on any atom is 0.191 e. The number of para-hydroxylation sites is 1. The lowest BCUT2D eigenvalue weighted by molar-refractivity contribution is 0.643. The van der Waals surface area contributed by atoms with Crippen LogP contribution in [0.1, 0.15) is 42.8 Å². The molecule has 0 spiro atoms. The fourth-order valence-corrected chi connectivity index (χ4v) is 4.24. The quantitative estimate of drug-likeness (QED) is 0.603. The number of fused-ring (bicyclic) bond motifs is 1. The normalized spacial score (nSPS) is 14.5. The van der Waals surface area contributed by atoms with Crippen LogP contribution in [0.5, 0.6) is 0 Å². The number of nitrogens with zero attached hydrogens (tertiary/aromatic N) is 4. The molecule has 0 aliphatic heterocycles. The van der Waals surface area contributed by atoms with Gasteiger partial charge in [0.15, 0.2) is 5.16 Å². The maximum atomic E-state index is 6.56. The average Bonchev–Trinajstić information content (AvgIpc) is 3.37. The second-order valence-corrected chi connectivity index (χ2v) is 7.48. The van der Waals surface area contributed by atoms with E-state index in [0.29, 0.717) is 11.7 Å². The Morgan fingerprint density at radius 3 is 2.79 bits per heavy atom. The monoisotopic (exact) mass is 358 g/mol. The zero-order chi connectivity index (χ0) is 16.7. The highest BCUT2D eigenvalue weighted by molar-refractivity contribution is 7.98. The van der Waals surface area contributed by atoms with E-state index in [1.54, 1.807) is 11.8 Å². The third-order valence-electron chi connectivity index (χ3n) is 4.49. The third-order valence-corrected chi connectivity index (χ3v) is 5.97. The molecule has 0 unspecified atom stereocenters. The SMILES string of the molecule is CCn1c(SCc2nc3ccccc3c(C)c2Cl)nnc1C1CC1. The smallest absolute Gasteiger partial charge is 0.191 e. The molecule has 3 aromatic rings. The first-order valence-electron chi connectivity index (χ1n) is 8.28. The predicted octanol–water partition coefficient (Wildman–Crippen LogP) is 4.98. The molecule has 1 saturated carbocycles. The summed E-state index contributed by atoms with van der Waals surface area (Å²) in [6.07, 6.45) is 2.47. The van der Waals surface area contributed by atoms with Crippen molar-refractivity contribution in [3.05, 3.63) is 46.4 Å².